The summed E-state index contributed by atoms with van der Waals surface area (Å²) in [7, 11) is 4.01. The zero-order chi connectivity index (χ0) is 18.6. The highest BCUT2D eigenvalue weighted by atomic mass is 16.5. The first-order valence-corrected chi connectivity index (χ1v) is 8.68. The van der Waals surface area contributed by atoms with Crippen LogP contribution in [0.4, 0.5) is 0 Å². The van der Waals surface area contributed by atoms with Crippen LogP contribution in [0, 0.1) is 0 Å². The van der Waals surface area contributed by atoms with E-state index in [-0.39, 0.29) is 0 Å². The predicted octanol–water partition coefficient (Wildman–Crippen LogP) is 3.02. The average molecular weight is 360 g/mol. The second kappa shape index (κ2) is 7.51. The van der Waals surface area contributed by atoms with Crippen molar-refractivity contribution in [1.82, 2.24) is 29.8 Å². The smallest absolute Gasteiger partial charge is 0.232 e. The van der Waals surface area contributed by atoms with Crippen molar-refractivity contribution in [2.24, 2.45) is 0 Å². The second-order valence-electron chi connectivity index (χ2n) is 6.45. The fourth-order valence-electron chi connectivity index (χ4n) is 2.83. The minimum absolute atomic E-state index is 0.527. The standard InChI is InChI=1S/C20H20N6O/c1-26(2)7-8-27-20-12-22-11-19(25-20)14-3-4-17-15(9-14)16(10-23-17)18-5-6-21-13-24-18/h3-6,9-13,23H,7-8H2,1-2H3. The van der Waals surface area contributed by atoms with E-state index in [4.69, 9.17) is 4.74 Å². The van der Waals surface area contributed by atoms with Gasteiger partial charge in [0.05, 0.1) is 23.8 Å². The van der Waals surface area contributed by atoms with E-state index < -0.39 is 0 Å². The summed E-state index contributed by atoms with van der Waals surface area (Å²) in [5.74, 6) is 0.527. The van der Waals surface area contributed by atoms with Gasteiger partial charge in [-0.15, -0.1) is 0 Å². The van der Waals surface area contributed by atoms with Gasteiger partial charge >= 0.3 is 0 Å². The number of benzene rings is 1. The Labute approximate surface area is 157 Å². The number of likely N-dealkylation sites (N-methyl/N-ethyl adjacent to an activating group) is 1. The number of nitrogens with one attached hydrogen (secondary N) is 1. The van der Waals surface area contributed by atoms with Crippen molar-refractivity contribution in [1.29, 1.82) is 0 Å². The fourth-order valence-corrected chi connectivity index (χ4v) is 2.83. The number of aromatic nitrogens is 5. The molecule has 27 heavy (non-hydrogen) atoms. The predicted molar refractivity (Wildman–Crippen MR) is 104 cm³/mol. The van der Waals surface area contributed by atoms with Gasteiger partial charge in [-0.25, -0.2) is 15.0 Å². The minimum atomic E-state index is 0.527. The van der Waals surface area contributed by atoms with Crippen LogP contribution in [0.3, 0.4) is 0 Å². The third kappa shape index (κ3) is 3.78. The number of hydrogen-bond donors (Lipinski definition) is 1. The van der Waals surface area contributed by atoms with Crippen LogP contribution in [0.15, 0.2) is 55.4 Å². The molecular formula is C20H20N6O. The molecule has 7 heteroatoms. The number of aromatic amines is 1. The van der Waals surface area contributed by atoms with Gasteiger partial charge < -0.3 is 14.6 Å². The molecule has 3 heterocycles. The Balaban J connectivity index is 1.66. The Kier molecular flexibility index (Phi) is 4.76. The van der Waals surface area contributed by atoms with E-state index in [2.05, 4.69) is 35.9 Å². The summed E-state index contributed by atoms with van der Waals surface area (Å²) in [4.78, 5) is 22.6. The summed E-state index contributed by atoms with van der Waals surface area (Å²) in [6.07, 6.45) is 8.64. The molecule has 0 radical (unpaired) electrons. The molecule has 3 aromatic heterocycles. The summed E-state index contributed by atoms with van der Waals surface area (Å²) >= 11 is 0. The van der Waals surface area contributed by atoms with Gasteiger partial charge in [0, 0.05) is 41.0 Å². The molecule has 0 atom stereocenters. The quantitative estimate of drug-likeness (QED) is 0.569. The molecule has 0 bridgehead atoms. The van der Waals surface area contributed by atoms with Gasteiger partial charge in [0.15, 0.2) is 0 Å². The van der Waals surface area contributed by atoms with E-state index in [1.165, 1.54) is 0 Å². The highest BCUT2D eigenvalue weighted by Gasteiger charge is 2.10. The van der Waals surface area contributed by atoms with Gasteiger partial charge in [0.2, 0.25) is 5.88 Å². The van der Waals surface area contributed by atoms with Gasteiger partial charge in [0.25, 0.3) is 0 Å². The zero-order valence-corrected chi connectivity index (χ0v) is 15.3. The monoisotopic (exact) mass is 360 g/mol. The number of nitrogens with zero attached hydrogens (tertiary/aromatic N) is 5. The lowest BCUT2D eigenvalue weighted by atomic mass is 10.1. The van der Waals surface area contributed by atoms with E-state index in [1.54, 1.807) is 24.9 Å². The third-order valence-electron chi connectivity index (χ3n) is 4.24. The van der Waals surface area contributed by atoms with Gasteiger partial charge in [-0.1, -0.05) is 6.07 Å². The summed E-state index contributed by atoms with van der Waals surface area (Å²) in [6, 6.07) is 8.05. The molecule has 7 nitrogen and oxygen atoms in total. The van der Waals surface area contributed by atoms with Crippen molar-refractivity contribution >= 4 is 10.9 Å². The molecular weight excluding hydrogens is 340 g/mol. The molecule has 0 saturated carbocycles. The molecule has 0 amide bonds. The summed E-state index contributed by atoms with van der Waals surface area (Å²) in [6.45, 7) is 1.39. The highest BCUT2D eigenvalue weighted by Crippen LogP contribution is 2.30. The lowest BCUT2D eigenvalue weighted by Gasteiger charge is -2.10. The fraction of sp³-hybridized carbons (Fsp3) is 0.200. The molecule has 0 saturated heterocycles. The topological polar surface area (TPSA) is 79.8 Å². The lowest BCUT2D eigenvalue weighted by Crippen LogP contribution is -2.19. The number of hydrogen-bond acceptors (Lipinski definition) is 6. The molecule has 0 aliphatic heterocycles. The van der Waals surface area contributed by atoms with Gasteiger partial charge in [0.1, 0.15) is 12.9 Å². The zero-order valence-electron chi connectivity index (χ0n) is 15.3. The van der Waals surface area contributed by atoms with Gasteiger partial charge in [-0.2, -0.15) is 0 Å². The van der Waals surface area contributed by atoms with E-state index >= 15 is 0 Å². The van der Waals surface area contributed by atoms with Crippen LogP contribution in [0.1, 0.15) is 0 Å². The summed E-state index contributed by atoms with van der Waals surface area (Å²) in [5.41, 5.74) is 4.69. The van der Waals surface area contributed by atoms with Crippen LogP contribution in [-0.2, 0) is 0 Å². The van der Waals surface area contributed by atoms with Crippen LogP contribution in [0.25, 0.3) is 33.4 Å². The van der Waals surface area contributed by atoms with E-state index in [0.29, 0.717) is 12.5 Å². The minimum Gasteiger partial charge on any atom is -0.475 e. The third-order valence-corrected chi connectivity index (χ3v) is 4.24. The molecule has 0 unspecified atom stereocenters. The van der Waals surface area contributed by atoms with Crippen LogP contribution < -0.4 is 4.74 Å². The number of H-pyrrole nitrogens is 1. The van der Waals surface area contributed by atoms with Gasteiger partial charge in [-0.05, 0) is 32.3 Å². The van der Waals surface area contributed by atoms with Crippen molar-refractivity contribution in [2.45, 2.75) is 0 Å². The van der Waals surface area contributed by atoms with E-state index in [0.717, 1.165) is 40.0 Å². The second-order valence-corrected chi connectivity index (χ2v) is 6.45. The maximum atomic E-state index is 5.71. The van der Waals surface area contributed by atoms with Gasteiger partial charge in [-0.3, -0.25) is 4.98 Å². The number of fused-ring (bicyclic) bond motifs is 1. The lowest BCUT2D eigenvalue weighted by molar-refractivity contribution is 0.253. The first kappa shape index (κ1) is 17.1. The van der Waals surface area contributed by atoms with Crippen LogP contribution >= 0.6 is 0 Å². The average Bonchev–Trinajstić information content (AvgIpc) is 3.12. The highest BCUT2D eigenvalue weighted by molar-refractivity contribution is 5.96. The molecule has 0 spiro atoms. The number of rotatable bonds is 6. The Hall–Kier alpha value is -3.32. The molecule has 0 aliphatic rings. The molecule has 4 aromatic rings. The van der Waals surface area contributed by atoms with E-state index in [9.17, 15) is 0 Å². The molecule has 1 aromatic carbocycles. The van der Waals surface area contributed by atoms with E-state index in [1.807, 2.05) is 38.5 Å². The van der Waals surface area contributed by atoms with Crippen molar-refractivity contribution in [2.75, 3.05) is 27.2 Å². The van der Waals surface area contributed by atoms with Crippen molar-refractivity contribution in [3.63, 3.8) is 0 Å². The molecule has 1 N–H and O–H groups in total. The Bertz CT molecular complexity index is 1040. The molecule has 0 aliphatic carbocycles. The Morgan fingerprint density at radius 3 is 2.81 bits per heavy atom. The maximum absolute atomic E-state index is 5.71. The maximum Gasteiger partial charge on any atom is 0.232 e. The van der Waals surface area contributed by atoms with Crippen molar-refractivity contribution in [3.05, 3.63) is 55.4 Å². The Morgan fingerprint density at radius 1 is 1.07 bits per heavy atom. The number of ether oxygens (including phenoxy) is 1. The SMILES string of the molecule is CN(C)CCOc1cncc(-c2ccc3[nH]cc(-c4ccncn4)c3c2)n1. The van der Waals surface area contributed by atoms with Crippen molar-refractivity contribution in [3.8, 4) is 28.4 Å². The molecule has 136 valence electrons. The summed E-state index contributed by atoms with van der Waals surface area (Å²) in [5, 5.41) is 1.08. The van der Waals surface area contributed by atoms with Crippen LogP contribution in [0.5, 0.6) is 5.88 Å². The first-order valence-electron chi connectivity index (χ1n) is 8.68. The van der Waals surface area contributed by atoms with Crippen LogP contribution in [0.2, 0.25) is 0 Å². The first-order chi connectivity index (χ1) is 13.2. The van der Waals surface area contributed by atoms with Crippen molar-refractivity contribution < 1.29 is 4.74 Å². The molecule has 0 fully saturated rings. The van der Waals surface area contributed by atoms with Crippen LogP contribution in [-0.4, -0.2) is 57.1 Å². The largest absolute Gasteiger partial charge is 0.475 e. The normalized spacial score (nSPS) is 11.2. The molecule has 4 rings (SSSR count). The Morgan fingerprint density at radius 2 is 2.00 bits per heavy atom. The summed E-state index contributed by atoms with van der Waals surface area (Å²) < 4.78 is 5.71.